The van der Waals surface area contributed by atoms with Gasteiger partial charge in [0.15, 0.2) is 0 Å². The number of ether oxygens (including phenoxy) is 3. The van der Waals surface area contributed by atoms with Crippen LogP contribution in [0.1, 0.15) is 11.6 Å². The van der Waals surface area contributed by atoms with Gasteiger partial charge in [0, 0.05) is 45.8 Å². The lowest BCUT2D eigenvalue weighted by atomic mass is 10.0. The fourth-order valence-electron chi connectivity index (χ4n) is 4.31. The van der Waals surface area contributed by atoms with Gasteiger partial charge >= 0.3 is 0 Å². The molecule has 0 radical (unpaired) electrons. The number of methoxy groups -OCH3 is 1. The summed E-state index contributed by atoms with van der Waals surface area (Å²) in [6, 6.07) is 17.6. The Hall–Kier alpha value is -2.61. The molecule has 0 saturated carbocycles. The second-order valence-corrected chi connectivity index (χ2v) is 8.15. The van der Waals surface area contributed by atoms with Crippen molar-refractivity contribution in [2.75, 3.05) is 72.7 Å². The zero-order valence-electron chi connectivity index (χ0n) is 18.8. The number of hydrogen-bond donors (Lipinski definition) is 0. The van der Waals surface area contributed by atoms with Crippen LogP contribution in [-0.4, -0.2) is 93.4 Å². The number of piperazine rings is 1. The van der Waals surface area contributed by atoms with E-state index in [-0.39, 0.29) is 11.9 Å². The van der Waals surface area contributed by atoms with Crippen LogP contribution >= 0.6 is 0 Å². The van der Waals surface area contributed by atoms with Gasteiger partial charge in [0.1, 0.15) is 24.1 Å². The summed E-state index contributed by atoms with van der Waals surface area (Å²) in [6.45, 7) is 7.66. The predicted octanol–water partition coefficient (Wildman–Crippen LogP) is 2.29. The van der Waals surface area contributed by atoms with Gasteiger partial charge in [-0.3, -0.25) is 14.6 Å². The molecular formula is C25H33N3O4. The van der Waals surface area contributed by atoms with E-state index >= 15 is 0 Å². The topological polar surface area (TPSA) is 54.5 Å². The summed E-state index contributed by atoms with van der Waals surface area (Å²) in [5.41, 5.74) is 1.07. The summed E-state index contributed by atoms with van der Waals surface area (Å²) in [7, 11) is 1.66. The molecule has 2 heterocycles. The van der Waals surface area contributed by atoms with E-state index in [0.717, 1.165) is 49.8 Å². The third kappa shape index (κ3) is 5.79. The molecular weight excluding hydrogens is 406 g/mol. The summed E-state index contributed by atoms with van der Waals surface area (Å²) >= 11 is 0. The van der Waals surface area contributed by atoms with E-state index in [1.54, 1.807) is 7.11 Å². The molecule has 2 aromatic rings. The molecule has 7 heteroatoms. The van der Waals surface area contributed by atoms with Gasteiger partial charge in [0.25, 0.3) is 0 Å². The Morgan fingerprint density at radius 3 is 2.22 bits per heavy atom. The fourth-order valence-corrected chi connectivity index (χ4v) is 4.31. The highest BCUT2D eigenvalue weighted by molar-refractivity contribution is 5.83. The second kappa shape index (κ2) is 11.3. The monoisotopic (exact) mass is 439 g/mol. The highest BCUT2D eigenvalue weighted by Gasteiger charge is 2.33. The Kier molecular flexibility index (Phi) is 7.98. The smallest absolute Gasteiger partial charge is 0.244 e. The Morgan fingerprint density at radius 2 is 1.56 bits per heavy atom. The molecule has 1 atom stereocenters. The van der Waals surface area contributed by atoms with Crippen LogP contribution in [0, 0.1) is 0 Å². The minimum Gasteiger partial charge on any atom is -0.497 e. The van der Waals surface area contributed by atoms with Crippen molar-refractivity contribution in [3.8, 4) is 11.5 Å². The first kappa shape index (κ1) is 22.6. The molecule has 172 valence electrons. The number of morpholine rings is 1. The Morgan fingerprint density at radius 1 is 0.906 bits per heavy atom. The van der Waals surface area contributed by atoms with Crippen LogP contribution in [0.5, 0.6) is 11.5 Å². The largest absolute Gasteiger partial charge is 0.497 e. The molecule has 0 aromatic heterocycles. The minimum absolute atomic E-state index is 0.191. The third-order valence-electron chi connectivity index (χ3n) is 6.18. The summed E-state index contributed by atoms with van der Waals surface area (Å²) in [5.74, 6) is 1.87. The Bertz CT molecular complexity index is 832. The van der Waals surface area contributed by atoms with Crippen LogP contribution in [0.15, 0.2) is 54.6 Å². The van der Waals surface area contributed by atoms with Crippen molar-refractivity contribution in [1.82, 2.24) is 14.7 Å². The summed E-state index contributed by atoms with van der Waals surface area (Å²) in [6.07, 6.45) is 0. The number of nitrogens with zero attached hydrogens (tertiary/aromatic N) is 3. The van der Waals surface area contributed by atoms with E-state index < -0.39 is 0 Å². The van der Waals surface area contributed by atoms with E-state index in [1.165, 1.54) is 0 Å². The predicted molar refractivity (Wildman–Crippen MR) is 123 cm³/mol. The molecule has 0 spiro atoms. The van der Waals surface area contributed by atoms with E-state index in [2.05, 4.69) is 21.9 Å². The van der Waals surface area contributed by atoms with Crippen molar-refractivity contribution < 1.29 is 19.0 Å². The van der Waals surface area contributed by atoms with E-state index in [0.29, 0.717) is 32.9 Å². The van der Waals surface area contributed by atoms with Crippen molar-refractivity contribution in [2.45, 2.75) is 6.04 Å². The molecule has 2 fully saturated rings. The quantitative estimate of drug-likeness (QED) is 0.629. The minimum atomic E-state index is -0.230. The maximum atomic E-state index is 13.4. The van der Waals surface area contributed by atoms with Gasteiger partial charge < -0.3 is 19.1 Å². The highest BCUT2D eigenvalue weighted by Crippen LogP contribution is 2.25. The van der Waals surface area contributed by atoms with Crippen LogP contribution < -0.4 is 9.47 Å². The average Bonchev–Trinajstić information content (AvgIpc) is 2.87. The molecule has 1 amide bonds. The van der Waals surface area contributed by atoms with E-state index in [4.69, 9.17) is 14.2 Å². The van der Waals surface area contributed by atoms with Gasteiger partial charge in [-0.15, -0.1) is 0 Å². The first-order chi connectivity index (χ1) is 15.7. The third-order valence-corrected chi connectivity index (χ3v) is 6.18. The lowest BCUT2D eigenvalue weighted by molar-refractivity contribution is -0.142. The van der Waals surface area contributed by atoms with Gasteiger partial charge in [-0.2, -0.15) is 0 Å². The zero-order valence-corrected chi connectivity index (χ0v) is 18.8. The first-order valence-corrected chi connectivity index (χ1v) is 11.4. The molecule has 7 nitrogen and oxygen atoms in total. The maximum Gasteiger partial charge on any atom is 0.244 e. The van der Waals surface area contributed by atoms with Gasteiger partial charge in [-0.05, 0) is 29.8 Å². The SMILES string of the molecule is COc1ccc(OCCN2CCN([C@@H](C(=O)N3CCOCC3)c3ccccc3)CC2)cc1. The van der Waals surface area contributed by atoms with Crippen molar-refractivity contribution in [3.63, 3.8) is 0 Å². The van der Waals surface area contributed by atoms with Crippen LogP contribution in [-0.2, 0) is 9.53 Å². The molecule has 0 N–H and O–H groups in total. The number of carbonyl (C=O) groups excluding carboxylic acids is 1. The zero-order chi connectivity index (χ0) is 22.2. The number of hydrogen-bond acceptors (Lipinski definition) is 6. The Balaban J connectivity index is 1.31. The van der Waals surface area contributed by atoms with Crippen molar-refractivity contribution >= 4 is 5.91 Å². The lowest BCUT2D eigenvalue weighted by Gasteiger charge is -2.41. The van der Waals surface area contributed by atoms with Crippen LogP contribution in [0.25, 0.3) is 0 Å². The van der Waals surface area contributed by atoms with Gasteiger partial charge in [-0.1, -0.05) is 30.3 Å². The molecule has 2 aliphatic rings. The maximum absolute atomic E-state index is 13.4. The number of amides is 1. The first-order valence-electron chi connectivity index (χ1n) is 11.4. The Labute approximate surface area is 190 Å². The standard InChI is InChI=1S/C25H33N3O4/c1-30-22-7-9-23(10-8-22)32-20-15-26-11-13-27(14-12-26)24(21-5-3-2-4-6-21)25(29)28-16-18-31-19-17-28/h2-10,24H,11-20H2,1H3/t24-/m1/s1. The van der Waals surface area contributed by atoms with Gasteiger partial charge in [-0.25, -0.2) is 0 Å². The average molecular weight is 440 g/mol. The fraction of sp³-hybridized carbons (Fsp3) is 0.480. The number of rotatable bonds is 8. The van der Waals surface area contributed by atoms with Crippen molar-refractivity contribution in [2.24, 2.45) is 0 Å². The molecule has 32 heavy (non-hydrogen) atoms. The van der Waals surface area contributed by atoms with Crippen molar-refractivity contribution in [1.29, 1.82) is 0 Å². The molecule has 0 bridgehead atoms. The van der Waals surface area contributed by atoms with Crippen molar-refractivity contribution in [3.05, 3.63) is 60.2 Å². The molecule has 4 rings (SSSR count). The summed E-state index contributed by atoms with van der Waals surface area (Å²) in [5, 5.41) is 0. The molecule has 2 aliphatic heterocycles. The van der Waals surface area contributed by atoms with E-state index in [9.17, 15) is 4.79 Å². The second-order valence-electron chi connectivity index (χ2n) is 8.15. The number of benzene rings is 2. The molecule has 2 aromatic carbocycles. The van der Waals surface area contributed by atoms with Gasteiger partial charge in [0.2, 0.25) is 5.91 Å². The lowest BCUT2D eigenvalue weighted by Crippen LogP contribution is -2.53. The summed E-state index contributed by atoms with van der Waals surface area (Å²) < 4.78 is 16.5. The molecule has 0 unspecified atom stereocenters. The van der Waals surface area contributed by atoms with Gasteiger partial charge in [0.05, 0.1) is 20.3 Å². The van der Waals surface area contributed by atoms with Crippen LogP contribution in [0.4, 0.5) is 0 Å². The highest BCUT2D eigenvalue weighted by atomic mass is 16.5. The molecule has 0 aliphatic carbocycles. The number of carbonyl (C=O) groups is 1. The summed E-state index contributed by atoms with van der Waals surface area (Å²) in [4.78, 5) is 20.1. The van der Waals surface area contributed by atoms with Crippen LogP contribution in [0.2, 0.25) is 0 Å². The van der Waals surface area contributed by atoms with E-state index in [1.807, 2.05) is 47.4 Å². The molecule has 2 saturated heterocycles. The van der Waals surface area contributed by atoms with Crippen LogP contribution in [0.3, 0.4) is 0 Å². The normalized spacial score (nSPS) is 18.8.